The van der Waals surface area contributed by atoms with Crippen molar-refractivity contribution in [3.63, 3.8) is 0 Å². The van der Waals surface area contributed by atoms with Crippen molar-refractivity contribution in [3.8, 4) is 11.3 Å². The summed E-state index contributed by atoms with van der Waals surface area (Å²) in [6.45, 7) is 1.73. The zero-order valence-corrected chi connectivity index (χ0v) is 13.9. The quantitative estimate of drug-likeness (QED) is 0.741. The largest absolute Gasteiger partial charge is 0.457 e. The van der Waals surface area contributed by atoms with Gasteiger partial charge in [-0.1, -0.05) is 28.1 Å². The van der Waals surface area contributed by atoms with Crippen molar-refractivity contribution in [2.75, 3.05) is 13.1 Å². The number of nitrogens with zero attached hydrogens (tertiary/aromatic N) is 1. The topological polar surface area (TPSA) is 33.5 Å². The van der Waals surface area contributed by atoms with E-state index < -0.39 is 0 Å². The van der Waals surface area contributed by atoms with Crippen molar-refractivity contribution < 1.29 is 9.21 Å². The molecule has 2 heterocycles. The van der Waals surface area contributed by atoms with Gasteiger partial charge in [-0.3, -0.25) is 4.79 Å². The van der Waals surface area contributed by atoms with E-state index in [0.717, 1.165) is 41.7 Å². The van der Waals surface area contributed by atoms with Gasteiger partial charge in [0.1, 0.15) is 11.5 Å². The van der Waals surface area contributed by atoms with Gasteiger partial charge in [0.15, 0.2) is 0 Å². The van der Waals surface area contributed by atoms with Crippen LogP contribution >= 0.6 is 15.9 Å². The molecule has 1 aliphatic heterocycles. The number of rotatable bonds is 3. The summed E-state index contributed by atoms with van der Waals surface area (Å²) in [5, 5.41) is 0. The highest BCUT2D eigenvalue weighted by atomic mass is 79.9. The molecule has 1 saturated heterocycles. The van der Waals surface area contributed by atoms with Crippen LogP contribution in [0.4, 0.5) is 0 Å². The summed E-state index contributed by atoms with van der Waals surface area (Å²) in [5.74, 6) is 1.57. The average Bonchev–Trinajstić information content (AvgIpc) is 3.03. The number of hydrogen-bond acceptors (Lipinski definition) is 2. The van der Waals surface area contributed by atoms with E-state index in [4.69, 9.17) is 4.42 Å². The summed E-state index contributed by atoms with van der Waals surface area (Å²) in [4.78, 5) is 14.0. The predicted octanol–water partition coefficient (Wildman–Crippen LogP) is 4.73. The highest BCUT2D eigenvalue weighted by Crippen LogP contribution is 2.24. The van der Waals surface area contributed by atoms with Crippen LogP contribution in [0.15, 0.2) is 51.4 Å². The van der Waals surface area contributed by atoms with E-state index in [1.54, 1.807) is 12.2 Å². The molecule has 1 amide bonds. The Morgan fingerprint density at radius 3 is 2.50 bits per heavy atom. The second-order valence-electron chi connectivity index (χ2n) is 5.43. The maximum atomic E-state index is 12.1. The second kappa shape index (κ2) is 6.97. The first kappa shape index (κ1) is 15.1. The molecule has 0 spiro atoms. The molecule has 1 aromatic heterocycles. The number of piperidine rings is 1. The fourth-order valence-electron chi connectivity index (χ4n) is 2.58. The lowest BCUT2D eigenvalue weighted by Gasteiger charge is -2.25. The third-order valence-corrected chi connectivity index (χ3v) is 4.34. The van der Waals surface area contributed by atoms with E-state index >= 15 is 0 Å². The number of hydrogen-bond donors (Lipinski definition) is 0. The van der Waals surface area contributed by atoms with Gasteiger partial charge in [0.05, 0.1) is 0 Å². The molecule has 0 N–H and O–H groups in total. The van der Waals surface area contributed by atoms with Gasteiger partial charge in [-0.25, -0.2) is 0 Å². The second-order valence-corrected chi connectivity index (χ2v) is 6.34. The lowest BCUT2D eigenvalue weighted by molar-refractivity contribution is -0.126. The van der Waals surface area contributed by atoms with Crippen LogP contribution in [0, 0.1) is 0 Å². The van der Waals surface area contributed by atoms with Gasteiger partial charge >= 0.3 is 0 Å². The first-order chi connectivity index (χ1) is 10.7. The molecule has 0 radical (unpaired) electrons. The first-order valence-electron chi connectivity index (χ1n) is 7.55. The minimum absolute atomic E-state index is 0.0706. The van der Waals surface area contributed by atoms with Crippen LogP contribution in [0.3, 0.4) is 0 Å². The zero-order valence-electron chi connectivity index (χ0n) is 12.3. The maximum absolute atomic E-state index is 12.1. The van der Waals surface area contributed by atoms with Gasteiger partial charge in [0.2, 0.25) is 5.91 Å². The summed E-state index contributed by atoms with van der Waals surface area (Å²) in [5.41, 5.74) is 1.02. The molecular formula is C18H18BrNO2. The molecule has 22 heavy (non-hydrogen) atoms. The lowest BCUT2D eigenvalue weighted by atomic mass is 10.1. The highest BCUT2D eigenvalue weighted by Gasteiger charge is 2.13. The average molecular weight is 360 g/mol. The molecule has 3 rings (SSSR count). The molecule has 3 nitrogen and oxygen atoms in total. The molecule has 1 fully saturated rings. The van der Waals surface area contributed by atoms with Crippen molar-refractivity contribution in [1.29, 1.82) is 0 Å². The summed E-state index contributed by atoms with van der Waals surface area (Å²) >= 11 is 3.42. The molecular weight excluding hydrogens is 342 g/mol. The normalized spacial score (nSPS) is 15.4. The summed E-state index contributed by atoms with van der Waals surface area (Å²) < 4.78 is 6.81. The molecule has 4 heteroatoms. The molecule has 0 bridgehead atoms. The fraction of sp³-hybridized carbons (Fsp3) is 0.278. The number of amides is 1. The van der Waals surface area contributed by atoms with E-state index in [-0.39, 0.29) is 5.91 Å². The molecule has 1 aliphatic rings. The van der Waals surface area contributed by atoms with Crippen molar-refractivity contribution in [3.05, 3.63) is 52.7 Å². The number of likely N-dealkylation sites (tertiary alicyclic amines) is 1. The molecule has 0 unspecified atom stereocenters. The van der Waals surface area contributed by atoms with E-state index in [1.165, 1.54) is 6.42 Å². The van der Waals surface area contributed by atoms with Gasteiger partial charge in [0, 0.05) is 29.2 Å². The van der Waals surface area contributed by atoms with E-state index in [1.807, 2.05) is 41.3 Å². The third-order valence-electron chi connectivity index (χ3n) is 3.81. The molecule has 0 atom stereocenters. The van der Waals surface area contributed by atoms with Gasteiger partial charge < -0.3 is 9.32 Å². The molecule has 0 aliphatic carbocycles. The molecule has 0 saturated carbocycles. The van der Waals surface area contributed by atoms with E-state index in [9.17, 15) is 4.79 Å². The Bertz CT molecular complexity index is 667. The Balaban J connectivity index is 1.67. The van der Waals surface area contributed by atoms with Crippen LogP contribution in [-0.2, 0) is 4.79 Å². The first-order valence-corrected chi connectivity index (χ1v) is 8.34. The Morgan fingerprint density at radius 1 is 1.05 bits per heavy atom. The maximum Gasteiger partial charge on any atom is 0.246 e. The van der Waals surface area contributed by atoms with Crippen LogP contribution in [-0.4, -0.2) is 23.9 Å². The fourth-order valence-corrected chi connectivity index (χ4v) is 2.85. The molecule has 2 aromatic rings. The predicted molar refractivity (Wildman–Crippen MR) is 91.3 cm³/mol. The number of benzene rings is 1. The third kappa shape index (κ3) is 3.69. The minimum Gasteiger partial charge on any atom is -0.457 e. The number of furan rings is 1. The molecule has 114 valence electrons. The van der Waals surface area contributed by atoms with Crippen LogP contribution in [0.25, 0.3) is 17.4 Å². The van der Waals surface area contributed by atoms with Crippen molar-refractivity contribution in [2.45, 2.75) is 19.3 Å². The number of halogens is 1. The van der Waals surface area contributed by atoms with Crippen molar-refractivity contribution in [1.82, 2.24) is 4.90 Å². The van der Waals surface area contributed by atoms with Gasteiger partial charge in [-0.2, -0.15) is 0 Å². The monoisotopic (exact) mass is 359 g/mol. The van der Waals surface area contributed by atoms with Crippen LogP contribution in [0.1, 0.15) is 25.0 Å². The van der Waals surface area contributed by atoms with Gasteiger partial charge in [-0.05, 0) is 49.6 Å². The van der Waals surface area contributed by atoms with E-state index in [2.05, 4.69) is 15.9 Å². The van der Waals surface area contributed by atoms with E-state index in [0.29, 0.717) is 5.76 Å². The summed E-state index contributed by atoms with van der Waals surface area (Å²) in [7, 11) is 0. The minimum atomic E-state index is 0.0706. The number of carbonyl (C=O) groups is 1. The Hall–Kier alpha value is -1.81. The Kier molecular flexibility index (Phi) is 4.78. The number of carbonyl (C=O) groups excluding carboxylic acids is 1. The SMILES string of the molecule is O=C(C=Cc1ccc(-c2ccc(Br)cc2)o1)N1CCCCC1. The highest BCUT2D eigenvalue weighted by molar-refractivity contribution is 9.10. The Labute approximate surface area is 138 Å². The zero-order chi connectivity index (χ0) is 15.4. The van der Waals surface area contributed by atoms with Crippen molar-refractivity contribution in [2.24, 2.45) is 0 Å². The smallest absolute Gasteiger partial charge is 0.246 e. The molecule has 1 aromatic carbocycles. The van der Waals surface area contributed by atoms with Crippen LogP contribution in [0.5, 0.6) is 0 Å². The summed E-state index contributed by atoms with van der Waals surface area (Å²) in [6.07, 6.45) is 6.79. The lowest BCUT2D eigenvalue weighted by Crippen LogP contribution is -2.34. The Morgan fingerprint density at radius 2 is 1.77 bits per heavy atom. The standard InChI is InChI=1S/C18H18BrNO2/c19-15-6-4-14(5-7-15)17-10-8-16(22-17)9-11-18(21)20-12-2-1-3-13-20/h4-11H,1-3,12-13H2. The summed E-state index contributed by atoms with van der Waals surface area (Å²) in [6, 6.07) is 11.8. The van der Waals surface area contributed by atoms with Gasteiger partial charge in [0.25, 0.3) is 0 Å². The van der Waals surface area contributed by atoms with Gasteiger partial charge in [-0.15, -0.1) is 0 Å². The van der Waals surface area contributed by atoms with Crippen LogP contribution < -0.4 is 0 Å². The van der Waals surface area contributed by atoms with Crippen LogP contribution in [0.2, 0.25) is 0 Å². The van der Waals surface area contributed by atoms with Crippen molar-refractivity contribution >= 4 is 27.9 Å².